The molecule has 0 atom stereocenters. The topological polar surface area (TPSA) is 84.2 Å². The van der Waals surface area contributed by atoms with Crippen LogP contribution in [0.4, 0.5) is 0 Å². The molecule has 6 nitrogen and oxygen atoms in total. The van der Waals surface area contributed by atoms with Crippen LogP contribution in [0.25, 0.3) is 28.4 Å². The van der Waals surface area contributed by atoms with Crippen molar-refractivity contribution in [2.75, 3.05) is 13.2 Å². The number of carbonyl (C=O) groups excluding carboxylic acids is 1. The summed E-state index contributed by atoms with van der Waals surface area (Å²) in [6.45, 7) is 2.55. The zero-order valence-electron chi connectivity index (χ0n) is 17.5. The fraction of sp³-hybridized carbons (Fsp3) is 0.292. The van der Waals surface area contributed by atoms with E-state index in [2.05, 4.69) is 5.32 Å². The van der Waals surface area contributed by atoms with E-state index in [0.29, 0.717) is 40.3 Å². The van der Waals surface area contributed by atoms with Gasteiger partial charge in [-0.25, -0.2) is 4.98 Å². The van der Waals surface area contributed by atoms with E-state index in [1.165, 1.54) is 4.57 Å². The van der Waals surface area contributed by atoms with Crippen LogP contribution in [-0.2, 0) is 11.3 Å². The van der Waals surface area contributed by atoms with Gasteiger partial charge in [-0.05, 0) is 42.7 Å². The summed E-state index contributed by atoms with van der Waals surface area (Å²) in [7, 11) is 0. The maximum absolute atomic E-state index is 13.4. The molecular weight excluding hydrogens is 414 g/mol. The number of halogens is 1. The van der Waals surface area contributed by atoms with Gasteiger partial charge in [-0.1, -0.05) is 55.3 Å². The molecule has 0 aliphatic carbocycles. The average molecular weight is 440 g/mol. The number of benzene rings is 2. The van der Waals surface area contributed by atoms with Crippen molar-refractivity contribution < 1.29 is 9.90 Å². The van der Waals surface area contributed by atoms with Gasteiger partial charge in [-0.3, -0.25) is 14.2 Å². The fourth-order valence-electron chi connectivity index (χ4n) is 3.23. The van der Waals surface area contributed by atoms with Crippen LogP contribution in [0.3, 0.4) is 0 Å². The first-order valence-corrected chi connectivity index (χ1v) is 10.8. The standard InChI is InChI=1S/C24H26ClN3O3/c1-2-3-12-26-22(30)16-28-23(18-8-6-9-19(25)15-18)27-21-11-10-17(7-4-5-13-29)14-20(21)24(28)31/h4,6-11,14-15,29H,2-3,5,12-13,16H2,1H3,(H,26,30). The Kier molecular flexibility index (Phi) is 7.98. The van der Waals surface area contributed by atoms with E-state index in [1.54, 1.807) is 30.3 Å². The molecule has 0 fully saturated rings. The van der Waals surface area contributed by atoms with Crippen molar-refractivity contribution >= 4 is 34.5 Å². The van der Waals surface area contributed by atoms with E-state index in [0.717, 1.165) is 18.4 Å². The summed E-state index contributed by atoms with van der Waals surface area (Å²) in [5.41, 5.74) is 1.75. The molecule has 2 N–H and O–H groups in total. The van der Waals surface area contributed by atoms with E-state index in [4.69, 9.17) is 21.7 Å². The quantitative estimate of drug-likeness (QED) is 0.493. The smallest absolute Gasteiger partial charge is 0.262 e. The van der Waals surface area contributed by atoms with Gasteiger partial charge in [0, 0.05) is 23.7 Å². The molecule has 31 heavy (non-hydrogen) atoms. The molecular formula is C24H26ClN3O3. The van der Waals surface area contributed by atoms with Crippen molar-refractivity contribution in [2.24, 2.45) is 0 Å². The molecule has 0 unspecified atom stereocenters. The van der Waals surface area contributed by atoms with Crippen molar-refractivity contribution in [3.05, 3.63) is 69.5 Å². The molecule has 3 aromatic rings. The van der Waals surface area contributed by atoms with E-state index in [9.17, 15) is 9.59 Å². The number of fused-ring (bicyclic) bond motifs is 1. The zero-order valence-corrected chi connectivity index (χ0v) is 18.2. The molecule has 0 saturated carbocycles. The fourth-order valence-corrected chi connectivity index (χ4v) is 3.43. The van der Waals surface area contributed by atoms with Crippen molar-refractivity contribution in [1.82, 2.24) is 14.9 Å². The van der Waals surface area contributed by atoms with E-state index in [-0.39, 0.29) is 24.6 Å². The highest BCUT2D eigenvalue weighted by molar-refractivity contribution is 6.30. The summed E-state index contributed by atoms with van der Waals surface area (Å²) < 4.78 is 1.40. The molecule has 2 aromatic carbocycles. The molecule has 0 aliphatic rings. The minimum Gasteiger partial charge on any atom is -0.396 e. The number of rotatable bonds is 9. The lowest BCUT2D eigenvalue weighted by molar-refractivity contribution is -0.121. The van der Waals surface area contributed by atoms with Crippen LogP contribution >= 0.6 is 11.6 Å². The van der Waals surface area contributed by atoms with Gasteiger partial charge in [0.1, 0.15) is 12.4 Å². The number of nitrogens with one attached hydrogen (secondary N) is 1. The molecule has 7 heteroatoms. The van der Waals surface area contributed by atoms with Gasteiger partial charge in [0.05, 0.1) is 10.9 Å². The van der Waals surface area contributed by atoms with Gasteiger partial charge in [0.2, 0.25) is 5.91 Å². The first-order chi connectivity index (χ1) is 15.0. The van der Waals surface area contributed by atoms with Crippen molar-refractivity contribution in [3.8, 4) is 11.4 Å². The Morgan fingerprint density at radius 3 is 2.84 bits per heavy atom. The molecule has 1 aromatic heterocycles. The highest BCUT2D eigenvalue weighted by Crippen LogP contribution is 2.23. The Morgan fingerprint density at radius 1 is 1.26 bits per heavy atom. The minimum absolute atomic E-state index is 0.0641. The number of aliphatic hydroxyl groups is 1. The molecule has 1 heterocycles. The summed E-state index contributed by atoms with van der Waals surface area (Å²) >= 11 is 6.16. The Morgan fingerprint density at radius 2 is 2.10 bits per heavy atom. The van der Waals surface area contributed by atoms with E-state index < -0.39 is 0 Å². The third-order valence-electron chi connectivity index (χ3n) is 4.82. The van der Waals surface area contributed by atoms with E-state index in [1.807, 2.05) is 31.2 Å². The van der Waals surface area contributed by atoms with Crippen LogP contribution in [0.1, 0.15) is 31.7 Å². The number of nitrogens with zero attached hydrogens (tertiary/aromatic N) is 2. The number of carbonyl (C=O) groups is 1. The number of hydrogen-bond donors (Lipinski definition) is 2. The number of hydrogen-bond acceptors (Lipinski definition) is 4. The molecule has 0 bridgehead atoms. The van der Waals surface area contributed by atoms with Crippen LogP contribution in [0.15, 0.2) is 53.3 Å². The predicted molar refractivity (Wildman–Crippen MR) is 125 cm³/mol. The molecule has 3 rings (SSSR count). The number of unbranched alkanes of at least 4 members (excludes halogenated alkanes) is 1. The molecule has 162 valence electrons. The average Bonchev–Trinajstić information content (AvgIpc) is 2.76. The third kappa shape index (κ3) is 5.81. The predicted octanol–water partition coefficient (Wildman–Crippen LogP) is 4.03. The summed E-state index contributed by atoms with van der Waals surface area (Å²) in [5.74, 6) is 0.160. The monoisotopic (exact) mass is 439 g/mol. The molecule has 1 amide bonds. The van der Waals surface area contributed by atoms with Gasteiger partial charge in [-0.2, -0.15) is 0 Å². The summed E-state index contributed by atoms with van der Waals surface area (Å²) in [6, 6.07) is 12.5. The molecule has 0 aliphatic heterocycles. The first-order valence-electron chi connectivity index (χ1n) is 10.4. The van der Waals surface area contributed by atoms with Gasteiger partial charge < -0.3 is 10.4 Å². The van der Waals surface area contributed by atoms with Crippen LogP contribution in [0.5, 0.6) is 0 Å². The summed E-state index contributed by atoms with van der Waals surface area (Å²) in [4.78, 5) is 30.6. The van der Waals surface area contributed by atoms with Crippen molar-refractivity contribution in [1.29, 1.82) is 0 Å². The third-order valence-corrected chi connectivity index (χ3v) is 5.06. The largest absolute Gasteiger partial charge is 0.396 e. The second-order valence-corrected chi connectivity index (χ2v) is 7.67. The Balaban J connectivity index is 2.10. The number of aliphatic hydroxyl groups excluding tert-OH is 1. The molecule has 0 radical (unpaired) electrons. The molecule has 0 saturated heterocycles. The highest BCUT2D eigenvalue weighted by atomic mass is 35.5. The summed E-state index contributed by atoms with van der Waals surface area (Å²) in [5, 5.41) is 12.8. The lowest BCUT2D eigenvalue weighted by Gasteiger charge is -2.14. The lowest BCUT2D eigenvalue weighted by Crippen LogP contribution is -2.34. The normalized spacial score (nSPS) is 11.3. The van der Waals surface area contributed by atoms with E-state index >= 15 is 0 Å². The maximum Gasteiger partial charge on any atom is 0.262 e. The van der Waals surface area contributed by atoms with Gasteiger partial charge in [0.25, 0.3) is 5.56 Å². The van der Waals surface area contributed by atoms with Crippen molar-refractivity contribution in [3.63, 3.8) is 0 Å². The second-order valence-electron chi connectivity index (χ2n) is 7.23. The Labute approximate surface area is 186 Å². The van der Waals surface area contributed by atoms with Crippen molar-refractivity contribution in [2.45, 2.75) is 32.7 Å². The lowest BCUT2D eigenvalue weighted by atomic mass is 10.1. The van der Waals surface area contributed by atoms with Gasteiger partial charge >= 0.3 is 0 Å². The Hall–Kier alpha value is -2.96. The SMILES string of the molecule is CCCCNC(=O)Cn1c(-c2cccc(Cl)c2)nc2ccc(C=CCCO)cc2c1=O. The van der Waals surface area contributed by atoms with Crippen LogP contribution < -0.4 is 10.9 Å². The van der Waals surface area contributed by atoms with Gasteiger partial charge in [0.15, 0.2) is 0 Å². The van der Waals surface area contributed by atoms with Crippen LogP contribution in [0, 0.1) is 0 Å². The van der Waals surface area contributed by atoms with Crippen LogP contribution in [0.2, 0.25) is 5.02 Å². The first kappa shape index (κ1) is 22.7. The minimum atomic E-state index is -0.289. The Bertz CT molecular complexity index is 1150. The maximum atomic E-state index is 13.4. The van der Waals surface area contributed by atoms with Gasteiger partial charge in [-0.15, -0.1) is 0 Å². The van der Waals surface area contributed by atoms with Crippen LogP contribution in [-0.4, -0.2) is 33.7 Å². The number of amides is 1. The second kappa shape index (κ2) is 10.9. The highest BCUT2D eigenvalue weighted by Gasteiger charge is 2.16. The molecule has 0 spiro atoms. The summed E-state index contributed by atoms with van der Waals surface area (Å²) in [6.07, 6.45) is 6.07. The number of aromatic nitrogens is 2. The zero-order chi connectivity index (χ0) is 22.2.